The van der Waals surface area contributed by atoms with Crippen molar-refractivity contribution in [2.45, 2.75) is 64.5 Å². The van der Waals surface area contributed by atoms with Gasteiger partial charge >= 0.3 is 0 Å². The van der Waals surface area contributed by atoms with Crippen LogP contribution in [0.2, 0.25) is 0 Å². The first-order valence-corrected chi connectivity index (χ1v) is 14.6. The molecule has 3 saturated heterocycles. The summed E-state index contributed by atoms with van der Waals surface area (Å²) in [6.07, 6.45) is 8.60. The van der Waals surface area contributed by atoms with Gasteiger partial charge in [-0.05, 0) is 76.7 Å². The third-order valence-corrected chi connectivity index (χ3v) is 9.28. The topological polar surface area (TPSA) is 103 Å². The van der Waals surface area contributed by atoms with Crippen LogP contribution in [0.25, 0.3) is 0 Å². The first-order valence-electron chi connectivity index (χ1n) is 14.6. The number of nitrogens with zero attached hydrogens (tertiary/aromatic N) is 5. The number of nitrogens with one attached hydrogen (secondary N) is 2. The van der Waals surface area contributed by atoms with E-state index in [-0.39, 0.29) is 17.9 Å². The van der Waals surface area contributed by atoms with Gasteiger partial charge in [-0.25, -0.2) is 4.98 Å². The number of benzene rings is 1. The highest BCUT2D eigenvalue weighted by Crippen LogP contribution is 2.40. The van der Waals surface area contributed by atoms with Gasteiger partial charge in [0.2, 0.25) is 11.9 Å². The van der Waals surface area contributed by atoms with E-state index in [0.29, 0.717) is 41.5 Å². The molecule has 5 aliphatic rings. The van der Waals surface area contributed by atoms with Crippen LogP contribution in [0.5, 0.6) is 5.75 Å². The zero-order chi connectivity index (χ0) is 28.0. The van der Waals surface area contributed by atoms with Crippen molar-refractivity contribution in [2.24, 2.45) is 11.3 Å². The Bertz CT molecular complexity index is 1280. The van der Waals surface area contributed by atoms with Crippen LogP contribution in [0.15, 0.2) is 24.4 Å². The van der Waals surface area contributed by atoms with E-state index in [0.717, 1.165) is 56.8 Å². The second-order valence-corrected chi connectivity index (χ2v) is 12.5. The van der Waals surface area contributed by atoms with Crippen LogP contribution >= 0.6 is 0 Å². The Labute approximate surface area is 236 Å². The number of ether oxygens (including phenoxy) is 1. The molecule has 0 radical (unpaired) electrons. The molecule has 2 N–H and O–H groups in total. The summed E-state index contributed by atoms with van der Waals surface area (Å²) in [7, 11) is 3.40. The number of hydrogen-bond acceptors (Lipinski definition) is 8. The van der Waals surface area contributed by atoms with Gasteiger partial charge in [-0.2, -0.15) is 4.98 Å². The number of carbonyl (C=O) groups is 2. The van der Waals surface area contributed by atoms with Crippen molar-refractivity contribution >= 4 is 35.0 Å². The highest BCUT2D eigenvalue weighted by molar-refractivity contribution is 6.01. The largest absolute Gasteiger partial charge is 0.495 e. The van der Waals surface area contributed by atoms with E-state index in [2.05, 4.69) is 25.4 Å². The first-order chi connectivity index (χ1) is 19.2. The molecular weight excluding hydrogens is 506 g/mol. The summed E-state index contributed by atoms with van der Waals surface area (Å²) >= 11 is 0. The number of aromatic nitrogens is 2. The minimum atomic E-state index is -0.542. The van der Waals surface area contributed by atoms with Gasteiger partial charge < -0.3 is 30.1 Å². The minimum absolute atomic E-state index is 0.0623. The molecule has 1 aromatic heterocycles. The van der Waals surface area contributed by atoms with Crippen LogP contribution in [0.3, 0.4) is 0 Å². The maximum Gasteiger partial charge on any atom is 0.251 e. The Balaban J connectivity index is 1.24. The number of hydrogen-bond donors (Lipinski definition) is 2. The standard InChI is InChI=1S/C30H41N7O3/c1-30(2)18-37(21-7-5-6-8-21)26-24(35(3)28(30)39)16-31-29(34-26)33-22-10-9-20(15-25(22)40-4)27(38)32-23-17-36-13-11-19(23)12-14-36/h9-10,15-16,19,21,23H,5-8,11-14,17-18H2,1-4H3,(H,32,38)(H,31,33,34). The normalized spacial score (nSPS) is 25.9. The Morgan fingerprint density at radius 1 is 1.12 bits per heavy atom. The molecule has 0 spiro atoms. The smallest absolute Gasteiger partial charge is 0.251 e. The van der Waals surface area contributed by atoms with Crippen LogP contribution in [-0.2, 0) is 4.79 Å². The van der Waals surface area contributed by atoms with Crippen LogP contribution in [0.1, 0.15) is 62.7 Å². The molecule has 10 heteroatoms. The number of amides is 2. The van der Waals surface area contributed by atoms with Crippen molar-refractivity contribution in [3.63, 3.8) is 0 Å². The number of rotatable bonds is 6. The molecule has 7 rings (SSSR count). The summed E-state index contributed by atoms with van der Waals surface area (Å²) < 4.78 is 5.67. The molecule has 4 aliphatic heterocycles. The van der Waals surface area contributed by atoms with Gasteiger partial charge in [0.1, 0.15) is 11.4 Å². The fourth-order valence-corrected chi connectivity index (χ4v) is 6.96. The lowest BCUT2D eigenvalue weighted by Gasteiger charge is -2.44. The molecule has 1 atom stereocenters. The van der Waals surface area contributed by atoms with Gasteiger partial charge in [-0.3, -0.25) is 9.59 Å². The fraction of sp³-hybridized carbons (Fsp3) is 0.600. The average Bonchev–Trinajstić information content (AvgIpc) is 3.49. The molecule has 2 aromatic rings. The molecule has 5 heterocycles. The predicted octanol–water partition coefficient (Wildman–Crippen LogP) is 3.80. The van der Waals surface area contributed by atoms with E-state index in [1.54, 1.807) is 31.3 Å². The second-order valence-electron chi connectivity index (χ2n) is 12.5. The number of piperidine rings is 3. The molecule has 1 aliphatic carbocycles. The lowest BCUT2D eigenvalue weighted by Crippen LogP contribution is -2.57. The third kappa shape index (κ3) is 4.98. The van der Waals surface area contributed by atoms with Gasteiger partial charge in [0.25, 0.3) is 5.91 Å². The quantitative estimate of drug-likeness (QED) is 0.563. The minimum Gasteiger partial charge on any atom is -0.495 e. The fourth-order valence-electron chi connectivity index (χ4n) is 6.96. The van der Waals surface area contributed by atoms with Crippen LogP contribution in [0.4, 0.5) is 23.1 Å². The van der Waals surface area contributed by atoms with E-state index < -0.39 is 5.41 Å². The Morgan fingerprint density at radius 3 is 2.55 bits per heavy atom. The zero-order valence-electron chi connectivity index (χ0n) is 24.1. The summed E-state index contributed by atoms with van der Waals surface area (Å²) in [5.41, 5.74) is 1.42. The average molecular weight is 548 g/mol. The van der Waals surface area contributed by atoms with Crippen molar-refractivity contribution in [2.75, 3.05) is 55.5 Å². The molecule has 1 unspecified atom stereocenters. The summed E-state index contributed by atoms with van der Waals surface area (Å²) in [5, 5.41) is 6.56. The van der Waals surface area contributed by atoms with Gasteiger partial charge in [0, 0.05) is 37.8 Å². The van der Waals surface area contributed by atoms with Crippen molar-refractivity contribution in [3.05, 3.63) is 30.0 Å². The van der Waals surface area contributed by atoms with Crippen molar-refractivity contribution in [1.29, 1.82) is 0 Å². The zero-order valence-corrected chi connectivity index (χ0v) is 24.1. The highest BCUT2D eigenvalue weighted by Gasteiger charge is 2.41. The molecule has 214 valence electrons. The van der Waals surface area contributed by atoms with Gasteiger partial charge in [-0.1, -0.05) is 12.8 Å². The number of anilines is 4. The number of fused-ring (bicyclic) bond motifs is 4. The van der Waals surface area contributed by atoms with E-state index in [1.165, 1.54) is 12.8 Å². The summed E-state index contributed by atoms with van der Waals surface area (Å²) in [6, 6.07) is 5.97. The van der Waals surface area contributed by atoms with Crippen LogP contribution in [-0.4, -0.2) is 79.1 Å². The lowest BCUT2D eigenvalue weighted by molar-refractivity contribution is -0.125. The lowest BCUT2D eigenvalue weighted by atomic mass is 9.84. The molecular formula is C30H41N7O3. The van der Waals surface area contributed by atoms with Crippen molar-refractivity contribution in [3.8, 4) is 5.75 Å². The molecule has 10 nitrogen and oxygen atoms in total. The summed E-state index contributed by atoms with van der Waals surface area (Å²) in [4.78, 5) is 42.4. The molecule has 1 saturated carbocycles. The molecule has 40 heavy (non-hydrogen) atoms. The Kier molecular flexibility index (Phi) is 7.06. The van der Waals surface area contributed by atoms with Crippen LogP contribution < -0.4 is 25.2 Å². The maximum atomic E-state index is 13.3. The maximum absolute atomic E-state index is 13.3. The predicted molar refractivity (Wildman–Crippen MR) is 156 cm³/mol. The Morgan fingerprint density at radius 2 is 1.88 bits per heavy atom. The molecule has 2 bridgehead atoms. The highest BCUT2D eigenvalue weighted by atomic mass is 16.5. The van der Waals surface area contributed by atoms with E-state index in [9.17, 15) is 9.59 Å². The number of carbonyl (C=O) groups excluding carboxylic acids is 2. The Hall–Kier alpha value is -3.40. The van der Waals surface area contributed by atoms with E-state index in [4.69, 9.17) is 9.72 Å². The monoisotopic (exact) mass is 547 g/mol. The van der Waals surface area contributed by atoms with Crippen molar-refractivity contribution in [1.82, 2.24) is 20.2 Å². The number of methoxy groups -OCH3 is 1. The summed E-state index contributed by atoms with van der Waals surface area (Å²) in [6.45, 7) is 7.82. The molecule has 2 amide bonds. The molecule has 1 aromatic carbocycles. The second kappa shape index (κ2) is 10.5. The molecule has 4 fully saturated rings. The van der Waals surface area contributed by atoms with Gasteiger partial charge in [0.15, 0.2) is 5.82 Å². The van der Waals surface area contributed by atoms with Gasteiger partial charge in [-0.15, -0.1) is 0 Å². The first kappa shape index (κ1) is 26.8. The third-order valence-electron chi connectivity index (χ3n) is 9.28. The SMILES string of the molecule is COc1cc(C(=O)NC2CN3CCC2CC3)ccc1Nc1ncc2c(n1)N(C1CCCC1)CC(C)(C)C(=O)N2C. The van der Waals surface area contributed by atoms with Crippen molar-refractivity contribution < 1.29 is 14.3 Å². The van der Waals surface area contributed by atoms with Gasteiger partial charge in [0.05, 0.1) is 24.4 Å². The van der Waals surface area contributed by atoms with E-state index in [1.807, 2.05) is 26.0 Å². The van der Waals surface area contributed by atoms with E-state index >= 15 is 0 Å². The summed E-state index contributed by atoms with van der Waals surface area (Å²) in [5.74, 6) is 2.29. The van der Waals surface area contributed by atoms with Crippen LogP contribution in [0, 0.1) is 11.3 Å².